The average Bonchev–Trinajstić information content (AvgIpc) is 2.89. The second-order valence-corrected chi connectivity index (χ2v) is 7.22. The van der Waals surface area contributed by atoms with Crippen molar-refractivity contribution in [3.63, 3.8) is 0 Å². The van der Waals surface area contributed by atoms with Gasteiger partial charge in [0.2, 0.25) is 0 Å². The van der Waals surface area contributed by atoms with E-state index in [1.165, 1.54) is 24.3 Å². The Kier molecular flexibility index (Phi) is 5.53. The average molecular weight is 404 g/mol. The third-order valence-electron chi connectivity index (χ3n) is 3.96. The number of aromatic hydroxyl groups is 1. The number of carbonyl (C=O) groups excluding carboxylic acids is 2. The minimum Gasteiger partial charge on any atom is -0.507 e. The van der Waals surface area contributed by atoms with E-state index in [1.54, 1.807) is 12.1 Å². The fraction of sp³-hybridized carbons (Fsp3) is 0.105. The van der Waals surface area contributed by atoms with E-state index in [-0.39, 0.29) is 28.0 Å². The zero-order chi connectivity index (χ0) is 19.6. The van der Waals surface area contributed by atoms with Crippen LogP contribution in [0.2, 0.25) is 5.02 Å². The molecular weight excluding hydrogens is 390 g/mol. The molecule has 0 aromatic heterocycles. The van der Waals surface area contributed by atoms with Gasteiger partial charge in [-0.25, -0.2) is 4.79 Å². The number of phenols is 1. The smallest absolute Gasteiger partial charge is 0.339 e. The third kappa shape index (κ3) is 4.32. The first-order valence-electron chi connectivity index (χ1n) is 7.91. The topological polar surface area (TPSA) is 94.9 Å². The molecule has 138 valence electrons. The summed E-state index contributed by atoms with van der Waals surface area (Å²) < 4.78 is 0. The number of carbonyl (C=O) groups is 3. The van der Waals surface area contributed by atoms with Crippen molar-refractivity contribution < 1.29 is 24.6 Å². The number of thioether (sulfide) groups is 1. The number of aromatic carboxylic acids is 1. The van der Waals surface area contributed by atoms with E-state index in [1.807, 2.05) is 12.1 Å². The molecule has 1 fully saturated rings. The maximum absolute atomic E-state index is 12.5. The minimum absolute atomic E-state index is 0.207. The van der Waals surface area contributed by atoms with Gasteiger partial charge in [-0.05, 0) is 59.7 Å². The number of hydrogen-bond acceptors (Lipinski definition) is 5. The van der Waals surface area contributed by atoms with Crippen molar-refractivity contribution in [1.29, 1.82) is 0 Å². The number of carboxylic acids is 1. The van der Waals surface area contributed by atoms with E-state index in [0.717, 1.165) is 22.2 Å². The van der Waals surface area contributed by atoms with Crippen molar-refractivity contribution in [2.24, 2.45) is 0 Å². The highest BCUT2D eigenvalue weighted by atomic mass is 35.5. The molecule has 2 N–H and O–H groups in total. The summed E-state index contributed by atoms with van der Waals surface area (Å²) in [7, 11) is 0. The van der Waals surface area contributed by atoms with E-state index in [2.05, 4.69) is 0 Å². The second-order valence-electron chi connectivity index (χ2n) is 5.79. The first-order valence-corrected chi connectivity index (χ1v) is 9.11. The molecule has 1 aliphatic heterocycles. The van der Waals surface area contributed by atoms with Crippen molar-refractivity contribution in [3.05, 3.63) is 69.1 Å². The fourth-order valence-electron chi connectivity index (χ4n) is 2.55. The Balaban J connectivity index is 1.75. The molecule has 2 aromatic carbocycles. The minimum atomic E-state index is -1.28. The summed E-state index contributed by atoms with van der Waals surface area (Å²) >= 11 is 6.64. The van der Waals surface area contributed by atoms with Gasteiger partial charge in [0.25, 0.3) is 11.1 Å². The number of benzene rings is 2. The lowest BCUT2D eigenvalue weighted by Crippen LogP contribution is -2.30. The Morgan fingerprint density at radius 2 is 1.85 bits per heavy atom. The molecule has 27 heavy (non-hydrogen) atoms. The van der Waals surface area contributed by atoms with Crippen LogP contribution in [0.25, 0.3) is 6.08 Å². The van der Waals surface area contributed by atoms with E-state index in [0.29, 0.717) is 17.0 Å². The summed E-state index contributed by atoms with van der Waals surface area (Å²) in [4.78, 5) is 37.1. The summed E-state index contributed by atoms with van der Waals surface area (Å²) in [6.45, 7) is 0.236. The molecule has 2 aromatic rings. The van der Waals surface area contributed by atoms with Crippen molar-refractivity contribution in [1.82, 2.24) is 4.90 Å². The molecule has 0 atom stereocenters. The Morgan fingerprint density at radius 3 is 2.52 bits per heavy atom. The normalized spacial score (nSPS) is 15.6. The molecular formula is C19H14ClNO5S. The van der Waals surface area contributed by atoms with Gasteiger partial charge in [-0.2, -0.15) is 0 Å². The Labute approximate surface area is 164 Å². The zero-order valence-corrected chi connectivity index (χ0v) is 15.5. The van der Waals surface area contributed by atoms with Crippen molar-refractivity contribution in [2.45, 2.75) is 6.42 Å². The first-order chi connectivity index (χ1) is 12.8. The molecule has 0 bridgehead atoms. The van der Waals surface area contributed by atoms with E-state index < -0.39 is 11.9 Å². The summed E-state index contributed by atoms with van der Waals surface area (Å²) in [5.41, 5.74) is 1.09. The highest BCUT2D eigenvalue weighted by molar-refractivity contribution is 8.18. The number of amides is 2. The number of carboxylic acid groups (broad SMARTS) is 1. The van der Waals surface area contributed by atoms with Crippen LogP contribution in [0.5, 0.6) is 5.75 Å². The molecule has 0 spiro atoms. The third-order valence-corrected chi connectivity index (χ3v) is 5.12. The number of halogens is 1. The van der Waals surface area contributed by atoms with Gasteiger partial charge in [0.15, 0.2) is 0 Å². The maximum atomic E-state index is 12.5. The first kappa shape index (κ1) is 19.0. The van der Waals surface area contributed by atoms with Crippen LogP contribution in [0, 0.1) is 0 Å². The highest BCUT2D eigenvalue weighted by Gasteiger charge is 2.34. The van der Waals surface area contributed by atoms with E-state index >= 15 is 0 Å². The lowest BCUT2D eigenvalue weighted by molar-refractivity contribution is -0.122. The van der Waals surface area contributed by atoms with Crippen molar-refractivity contribution >= 4 is 46.6 Å². The molecule has 8 heteroatoms. The molecule has 1 heterocycles. The molecule has 0 aliphatic carbocycles. The Hall–Kier alpha value is -2.77. The van der Waals surface area contributed by atoms with Gasteiger partial charge in [-0.15, -0.1) is 0 Å². The van der Waals surface area contributed by atoms with Crippen LogP contribution in [0.1, 0.15) is 21.5 Å². The number of nitrogens with zero attached hydrogens (tertiary/aromatic N) is 1. The standard InChI is InChI=1S/C19H14ClNO5S/c20-13-4-1-11(2-5-13)7-8-21-17(23)16(27-19(21)26)10-12-3-6-15(22)14(9-12)18(24)25/h1-6,9-10,22H,7-8H2,(H,24,25). The number of rotatable bonds is 5. The number of hydrogen-bond donors (Lipinski definition) is 2. The van der Waals surface area contributed by atoms with Crippen LogP contribution < -0.4 is 0 Å². The Bertz CT molecular complexity index is 955. The Morgan fingerprint density at radius 1 is 1.15 bits per heavy atom. The van der Waals surface area contributed by atoms with Crippen LogP contribution in [0.3, 0.4) is 0 Å². The van der Waals surface area contributed by atoms with Crippen LogP contribution in [0.15, 0.2) is 47.4 Å². The lowest BCUT2D eigenvalue weighted by Gasteiger charge is -2.12. The molecule has 1 aliphatic rings. The molecule has 0 saturated carbocycles. The van der Waals surface area contributed by atoms with Crippen LogP contribution in [-0.4, -0.2) is 38.8 Å². The van der Waals surface area contributed by atoms with Crippen LogP contribution in [-0.2, 0) is 11.2 Å². The van der Waals surface area contributed by atoms with E-state index in [9.17, 15) is 19.5 Å². The van der Waals surface area contributed by atoms with Gasteiger partial charge in [0.05, 0.1) is 4.91 Å². The predicted octanol–water partition coefficient (Wildman–Crippen LogP) is 4.02. The van der Waals surface area contributed by atoms with Gasteiger partial charge in [-0.1, -0.05) is 29.8 Å². The van der Waals surface area contributed by atoms with Gasteiger partial charge in [0, 0.05) is 11.6 Å². The van der Waals surface area contributed by atoms with Crippen LogP contribution in [0.4, 0.5) is 4.79 Å². The van der Waals surface area contributed by atoms with Gasteiger partial charge < -0.3 is 10.2 Å². The predicted molar refractivity (Wildman–Crippen MR) is 103 cm³/mol. The molecule has 6 nitrogen and oxygen atoms in total. The summed E-state index contributed by atoms with van der Waals surface area (Å²) in [5, 5.41) is 18.8. The molecule has 3 rings (SSSR count). The van der Waals surface area contributed by atoms with Gasteiger partial charge in [0.1, 0.15) is 11.3 Å². The molecule has 0 unspecified atom stereocenters. The molecule has 1 saturated heterocycles. The molecule has 0 radical (unpaired) electrons. The largest absolute Gasteiger partial charge is 0.507 e. The quantitative estimate of drug-likeness (QED) is 0.732. The van der Waals surface area contributed by atoms with E-state index in [4.69, 9.17) is 16.7 Å². The summed E-state index contributed by atoms with van der Waals surface area (Å²) in [5.74, 6) is -2.07. The van der Waals surface area contributed by atoms with Gasteiger partial charge >= 0.3 is 5.97 Å². The molecule has 2 amide bonds. The maximum Gasteiger partial charge on any atom is 0.339 e. The van der Waals surface area contributed by atoms with Crippen LogP contribution >= 0.6 is 23.4 Å². The van der Waals surface area contributed by atoms with Gasteiger partial charge in [-0.3, -0.25) is 14.5 Å². The lowest BCUT2D eigenvalue weighted by atomic mass is 10.1. The second kappa shape index (κ2) is 7.85. The summed E-state index contributed by atoms with van der Waals surface area (Å²) in [6, 6.07) is 11.1. The zero-order valence-electron chi connectivity index (χ0n) is 13.9. The van der Waals surface area contributed by atoms with Crippen molar-refractivity contribution in [2.75, 3.05) is 6.54 Å². The van der Waals surface area contributed by atoms with Crippen molar-refractivity contribution in [3.8, 4) is 5.75 Å². The summed E-state index contributed by atoms with van der Waals surface area (Å²) in [6.07, 6.45) is 1.95. The SMILES string of the molecule is O=C(O)c1cc(C=C2SC(=O)N(CCc3ccc(Cl)cc3)C2=O)ccc1O. The number of imide groups is 1. The monoisotopic (exact) mass is 403 g/mol. The highest BCUT2D eigenvalue weighted by Crippen LogP contribution is 2.33. The fourth-order valence-corrected chi connectivity index (χ4v) is 3.54.